The minimum atomic E-state index is -0.512. The Morgan fingerprint density at radius 3 is 2.83 bits per heavy atom. The number of hydrogen-bond acceptors (Lipinski definition) is 6. The van der Waals surface area contributed by atoms with Gasteiger partial charge in [0.15, 0.2) is 5.16 Å². The maximum atomic E-state index is 14.0. The van der Waals surface area contributed by atoms with Crippen LogP contribution in [0.2, 0.25) is 0 Å². The minimum absolute atomic E-state index is 0.0162. The number of esters is 1. The summed E-state index contributed by atoms with van der Waals surface area (Å²) in [6.45, 7) is 5.34. The predicted molar refractivity (Wildman–Crippen MR) is 116 cm³/mol. The van der Waals surface area contributed by atoms with Crippen molar-refractivity contribution in [2.24, 2.45) is 0 Å². The minimum Gasteiger partial charge on any atom is -0.465 e. The molecule has 30 heavy (non-hydrogen) atoms. The van der Waals surface area contributed by atoms with Crippen LogP contribution in [0.15, 0.2) is 46.1 Å². The maximum Gasteiger partial charge on any atom is 0.316 e. The number of hydrogen-bond donors (Lipinski definition) is 0. The van der Waals surface area contributed by atoms with Gasteiger partial charge < -0.3 is 4.74 Å². The molecule has 0 aliphatic rings. The van der Waals surface area contributed by atoms with E-state index >= 15 is 0 Å². The first kappa shape index (κ1) is 22.2. The highest BCUT2D eigenvalue weighted by Crippen LogP contribution is 2.32. The Kier molecular flexibility index (Phi) is 7.04. The van der Waals surface area contributed by atoms with Crippen LogP contribution >= 0.6 is 23.1 Å². The molecule has 9 heteroatoms. The van der Waals surface area contributed by atoms with Crippen molar-refractivity contribution in [3.05, 3.63) is 62.8 Å². The predicted octanol–water partition coefficient (Wildman–Crippen LogP) is 4.97. The van der Waals surface area contributed by atoms with Crippen LogP contribution in [0.3, 0.4) is 0 Å². The molecule has 2 heterocycles. The van der Waals surface area contributed by atoms with Crippen molar-refractivity contribution in [3.63, 3.8) is 0 Å². The summed E-state index contributed by atoms with van der Waals surface area (Å²) >= 11 is 2.32. The van der Waals surface area contributed by atoms with Gasteiger partial charge in [-0.1, -0.05) is 23.9 Å². The van der Waals surface area contributed by atoms with Crippen LogP contribution in [0.25, 0.3) is 15.9 Å². The Morgan fingerprint density at radius 2 is 2.17 bits per heavy atom. The number of fused-ring (bicyclic) bond motifs is 1. The molecule has 1 aromatic carbocycles. The van der Waals surface area contributed by atoms with Gasteiger partial charge in [0.05, 0.1) is 23.4 Å². The number of ether oxygens (including phenoxy) is 1. The highest BCUT2D eigenvalue weighted by molar-refractivity contribution is 7.99. The van der Waals surface area contributed by atoms with Crippen LogP contribution < -0.4 is 5.56 Å². The number of carbonyl (C=O) groups excluding carboxylic acids is 1. The summed E-state index contributed by atoms with van der Waals surface area (Å²) in [4.78, 5) is 31.1. The lowest BCUT2D eigenvalue weighted by Gasteiger charge is -2.12. The monoisotopic (exact) mass is 450 g/mol. The van der Waals surface area contributed by atoms with E-state index in [-0.39, 0.29) is 35.5 Å². The second-order valence-corrected chi connectivity index (χ2v) is 8.48. The number of aryl methyl sites for hydroxylation is 1. The van der Waals surface area contributed by atoms with Gasteiger partial charge in [0, 0.05) is 11.3 Å². The second-order valence-electron chi connectivity index (χ2n) is 6.34. The fourth-order valence-corrected chi connectivity index (χ4v) is 4.84. The molecular weight excluding hydrogens is 430 g/mol. The van der Waals surface area contributed by atoms with Crippen molar-refractivity contribution in [1.82, 2.24) is 9.55 Å². The number of aromatic nitrogens is 2. The first-order valence-electron chi connectivity index (χ1n) is 9.25. The standard InChI is InChI=1S/C21H20F2N2O3S2/c1-4-13(22)10-16-12(3)30-19-18(16)20(27)25(15-8-6-7-14(23)9-15)21(24-19)29-11-17(26)28-5-2/h4,6-9H,5,10-11H2,1-3H3/b13-4+. The van der Waals surface area contributed by atoms with Crippen LogP contribution in [0.4, 0.5) is 8.78 Å². The van der Waals surface area contributed by atoms with E-state index in [4.69, 9.17) is 4.74 Å². The molecule has 5 nitrogen and oxygen atoms in total. The van der Waals surface area contributed by atoms with Crippen LogP contribution in [0.5, 0.6) is 0 Å². The van der Waals surface area contributed by atoms with Gasteiger partial charge in [-0.15, -0.1) is 11.3 Å². The van der Waals surface area contributed by atoms with E-state index in [0.29, 0.717) is 15.8 Å². The molecule has 3 rings (SSSR count). The van der Waals surface area contributed by atoms with Crippen molar-refractivity contribution >= 4 is 39.3 Å². The number of thioether (sulfide) groups is 1. The van der Waals surface area contributed by atoms with Gasteiger partial charge >= 0.3 is 5.97 Å². The van der Waals surface area contributed by atoms with Crippen molar-refractivity contribution in [2.45, 2.75) is 32.3 Å². The Balaban J connectivity index is 2.22. The largest absolute Gasteiger partial charge is 0.465 e. The Bertz CT molecular complexity index is 1180. The van der Waals surface area contributed by atoms with Gasteiger partial charge in [-0.2, -0.15) is 0 Å². The number of benzene rings is 1. The maximum absolute atomic E-state index is 14.0. The van der Waals surface area contributed by atoms with Crippen molar-refractivity contribution < 1.29 is 18.3 Å². The quantitative estimate of drug-likeness (QED) is 0.289. The third-order valence-corrected chi connectivity index (χ3v) is 6.30. The molecule has 0 radical (unpaired) electrons. The molecule has 0 aliphatic carbocycles. The topological polar surface area (TPSA) is 61.2 Å². The lowest BCUT2D eigenvalue weighted by atomic mass is 10.1. The first-order valence-corrected chi connectivity index (χ1v) is 11.1. The number of thiophene rings is 1. The van der Waals surface area contributed by atoms with Crippen molar-refractivity contribution in [1.29, 1.82) is 0 Å². The van der Waals surface area contributed by atoms with Gasteiger partial charge in [0.1, 0.15) is 16.5 Å². The summed E-state index contributed by atoms with van der Waals surface area (Å²) in [7, 11) is 0. The van der Waals surface area contributed by atoms with E-state index in [2.05, 4.69) is 4.98 Å². The lowest BCUT2D eigenvalue weighted by Crippen LogP contribution is -2.22. The zero-order chi connectivity index (χ0) is 21.8. The van der Waals surface area contributed by atoms with Gasteiger partial charge in [-0.3, -0.25) is 14.2 Å². The van der Waals surface area contributed by atoms with E-state index in [9.17, 15) is 18.4 Å². The van der Waals surface area contributed by atoms with Crippen LogP contribution in [-0.4, -0.2) is 27.9 Å². The molecular formula is C21H20F2N2O3S2. The third-order valence-electron chi connectivity index (χ3n) is 4.35. The normalized spacial score (nSPS) is 11.8. The Morgan fingerprint density at radius 1 is 1.40 bits per heavy atom. The molecule has 2 aromatic heterocycles. The molecule has 0 atom stereocenters. The van der Waals surface area contributed by atoms with Crippen molar-refractivity contribution in [3.8, 4) is 5.69 Å². The van der Waals surface area contributed by atoms with Gasteiger partial charge in [-0.05, 0) is 44.5 Å². The van der Waals surface area contributed by atoms with Gasteiger partial charge in [-0.25, -0.2) is 13.8 Å². The molecule has 0 saturated heterocycles. The molecule has 158 valence electrons. The van der Waals surface area contributed by atoms with Crippen LogP contribution in [-0.2, 0) is 16.0 Å². The average Bonchev–Trinajstić information content (AvgIpc) is 3.01. The Labute approximate surface area is 180 Å². The van der Waals surface area contributed by atoms with E-state index in [1.54, 1.807) is 19.9 Å². The van der Waals surface area contributed by atoms with E-state index < -0.39 is 17.3 Å². The summed E-state index contributed by atoms with van der Waals surface area (Å²) in [6.07, 6.45) is 1.34. The summed E-state index contributed by atoms with van der Waals surface area (Å²) in [5, 5.41) is 0.546. The molecule has 0 fully saturated rings. The van der Waals surface area contributed by atoms with Crippen molar-refractivity contribution in [2.75, 3.05) is 12.4 Å². The first-order chi connectivity index (χ1) is 14.3. The molecule has 0 bridgehead atoms. The Hall–Kier alpha value is -2.52. The lowest BCUT2D eigenvalue weighted by molar-refractivity contribution is -0.139. The number of carbonyl (C=O) groups is 1. The molecule has 0 aliphatic heterocycles. The zero-order valence-corrected chi connectivity index (χ0v) is 18.3. The molecule has 0 unspecified atom stereocenters. The van der Waals surface area contributed by atoms with E-state index in [1.165, 1.54) is 40.2 Å². The second kappa shape index (κ2) is 9.53. The number of nitrogens with zero attached hydrogens (tertiary/aromatic N) is 2. The SMILES string of the molecule is C/C=C(/F)Cc1c(C)sc2nc(SCC(=O)OCC)n(-c3cccc(F)c3)c(=O)c12. The van der Waals surface area contributed by atoms with Crippen LogP contribution in [0, 0.1) is 12.7 Å². The smallest absolute Gasteiger partial charge is 0.316 e. The summed E-state index contributed by atoms with van der Waals surface area (Å²) in [6, 6.07) is 5.56. The zero-order valence-electron chi connectivity index (χ0n) is 16.7. The van der Waals surface area contributed by atoms with E-state index in [1.807, 2.05) is 6.92 Å². The number of rotatable bonds is 7. The number of allylic oxidation sites excluding steroid dienone is 2. The summed E-state index contributed by atoms with van der Waals surface area (Å²) < 4.78 is 34.1. The van der Waals surface area contributed by atoms with Gasteiger partial charge in [0.25, 0.3) is 5.56 Å². The summed E-state index contributed by atoms with van der Waals surface area (Å²) in [5.74, 6) is -1.36. The van der Waals surface area contributed by atoms with Crippen LogP contribution in [0.1, 0.15) is 24.3 Å². The summed E-state index contributed by atoms with van der Waals surface area (Å²) in [5.41, 5.74) is 0.414. The molecule has 0 saturated carbocycles. The highest BCUT2D eigenvalue weighted by atomic mass is 32.2. The number of halogens is 2. The molecule has 0 N–H and O–H groups in total. The molecule has 0 spiro atoms. The molecule has 0 amide bonds. The highest BCUT2D eigenvalue weighted by Gasteiger charge is 2.21. The van der Waals surface area contributed by atoms with Gasteiger partial charge in [0.2, 0.25) is 0 Å². The van der Waals surface area contributed by atoms with E-state index in [0.717, 1.165) is 16.6 Å². The third kappa shape index (κ3) is 4.62. The molecule has 3 aromatic rings. The fourth-order valence-electron chi connectivity index (χ4n) is 2.95. The fraction of sp³-hybridized carbons (Fsp3) is 0.286. The average molecular weight is 451 g/mol.